The number of aromatic nitrogens is 2. The molecule has 0 fully saturated rings. The van der Waals surface area contributed by atoms with E-state index in [1.165, 1.54) is 17.7 Å². The summed E-state index contributed by atoms with van der Waals surface area (Å²) in [4.78, 5) is 24.6. The van der Waals surface area contributed by atoms with Gasteiger partial charge in [0.15, 0.2) is 11.5 Å². The van der Waals surface area contributed by atoms with Crippen LogP contribution < -0.4 is 10.4 Å². The molecule has 0 saturated carbocycles. The number of rotatable bonds is 2. The Morgan fingerprint density at radius 3 is 2.78 bits per heavy atom. The van der Waals surface area contributed by atoms with Crippen LogP contribution in [0.3, 0.4) is 0 Å². The molecule has 0 spiro atoms. The second kappa shape index (κ2) is 5.56. The van der Waals surface area contributed by atoms with E-state index in [1.54, 1.807) is 0 Å². The van der Waals surface area contributed by atoms with E-state index < -0.39 is 11.5 Å². The lowest BCUT2D eigenvalue weighted by Gasteiger charge is -2.11. The third-order valence-electron chi connectivity index (χ3n) is 3.76. The number of hydrogen-bond donors (Lipinski definition) is 0. The molecule has 1 aliphatic heterocycles. The molecule has 1 aliphatic rings. The molecule has 0 unspecified atom stereocenters. The fourth-order valence-electron chi connectivity index (χ4n) is 2.72. The Morgan fingerprint density at radius 1 is 1.39 bits per heavy atom. The van der Waals surface area contributed by atoms with E-state index in [0.29, 0.717) is 13.0 Å². The zero-order valence-corrected chi connectivity index (χ0v) is 12.9. The van der Waals surface area contributed by atoms with Crippen LogP contribution in [0, 0.1) is 17.1 Å². The van der Waals surface area contributed by atoms with Crippen LogP contribution in [0.1, 0.15) is 29.0 Å². The van der Waals surface area contributed by atoms with Crippen molar-refractivity contribution in [3.8, 4) is 17.5 Å². The largest absolute Gasteiger partial charge is 0.495 e. The van der Waals surface area contributed by atoms with Crippen molar-refractivity contribution in [1.29, 1.82) is 5.26 Å². The van der Waals surface area contributed by atoms with Gasteiger partial charge in [-0.05, 0) is 12.5 Å². The number of fused-ring (bicyclic) bond motifs is 1. The number of hydrogen-bond acceptors (Lipinski definition) is 4. The highest BCUT2D eigenvalue weighted by Gasteiger charge is 2.29. The molecule has 3 rings (SSSR count). The van der Waals surface area contributed by atoms with Gasteiger partial charge in [-0.25, -0.2) is 13.8 Å². The average molecular weight is 336 g/mol. The average Bonchev–Trinajstić information content (AvgIpc) is 2.81. The number of nitriles is 1. The van der Waals surface area contributed by atoms with Gasteiger partial charge in [0.1, 0.15) is 23.3 Å². The molecule has 0 amide bonds. The predicted octanol–water partition coefficient (Wildman–Crippen LogP) is 2.29. The van der Waals surface area contributed by atoms with Crippen molar-refractivity contribution in [2.24, 2.45) is 0 Å². The molecular formula is C15H11ClFN3O3. The van der Waals surface area contributed by atoms with E-state index in [2.05, 4.69) is 0 Å². The fourth-order valence-corrected chi connectivity index (χ4v) is 2.95. The Kier molecular flexibility index (Phi) is 3.70. The lowest BCUT2D eigenvalue weighted by molar-refractivity contribution is 0.0954. The van der Waals surface area contributed by atoms with Crippen LogP contribution in [0.4, 0.5) is 4.39 Å². The van der Waals surface area contributed by atoms with E-state index in [0.717, 1.165) is 10.6 Å². The van der Waals surface area contributed by atoms with Crippen molar-refractivity contribution >= 4 is 17.4 Å². The van der Waals surface area contributed by atoms with Gasteiger partial charge in [-0.3, -0.25) is 9.36 Å². The topological polar surface area (TPSA) is 77.0 Å². The summed E-state index contributed by atoms with van der Waals surface area (Å²) in [5.41, 5.74) is -0.963. The summed E-state index contributed by atoms with van der Waals surface area (Å²) in [6.45, 7) is 0.313. The van der Waals surface area contributed by atoms with Crippen LogP contribution in [0.5, 0.6) is 5.75 Å². The SMILES string of the molecule is COc1cc(-n2c(C#N)c3n(c2=O)CCCC3=O)c(F)cc1Cl. The molecule has 118 valence electrons. The molecule has 0 radical (unpaired) electrons. The van der Waals surface area contributed by atoms with Crippen LogP contribution in [0.25, 0.3) is 5.69 Å². The highest BCUT2D eigenvalue weighted by Crippen LogP contribution is 2.30. The van der Waals surface area contributed by atoms with Gasteiger partial charge in [0.2, 0.25) is 0 Å². The third kappa shape index (κ3) is 2.23. The van der Waals surface area contributed by atoms with Crippen LogP contribution in [0.15, 0.2) is 16.9 Å². The molecule has 2 aromatic rings. The first-order chi connectivity index (χ1) is 11.0. The van der Waals surface area contributed by atoms with Crippen molar-refractivity contribution < 1.29 is 13.9 Å². The van der Waals surface area contributed by atoms with Crippen LogP contribution in [0.2, 0.25) is 5.02 Å². The standard InChI is InChI=1S/C15H11ClFN3O3/c1-23-13-6-10(9(17)5-8(13)16)20-11(7-18)14-12(21)3-2-4-19(14)15(20)22/h5-6H,2-4H2,1H3. The first kappa shape index (κ1) is 15.3. The Hall–Kier alpha value is -2.59. The summed E-state index contributed by atoms with van der Waals surface area (Å²) >= 11 is 5.85. The zero-order chi connectivity index (χ0) is 16.7. The van der Waals surface area contributed by atoms with Crippen LogP contribution in [-0.2, 0) is 6.54 Å². The van der Waals surface area contributed by atoms with Crippen LogP contribution in [-0.4, -0.2) is 22.0 Å². The van der Waals surface area contributed by atoms with Gasteiger partial charge in [0, 0.05) is 19.0 Å². The van der Waals surface area contributed by atoms with Gasteiger partial charge in [0.25, 0.3) is 0 Å². The van der Waals surface area contributed by atoms with E-state index in [4.69, 9.17) is 16.3 Å². The first-order valence-electron chi connectivity index (χ1n) is 6.81. The van der Waals surface area contributed by atoms with Crippen molar-refractivity contribution in [2.45, 2.75) is 19.4 Å². The summed E-state index contributed by atoms with van der Waals surface area (Å²) in [5.74, 6) is -0.927. The van der Waals surface area contributed by atoms with Crippen molar-refractivity contribution in [2.75, 3.05) is 7.11 Å². The van der Waals surface area contributed by atoms with Gasteiger partial charge in [0.05, 0.1) is 17.8 Å². The second-order valence-electron chi connectivity index (χ2n) is 5.04. The zero-order valence-electron chi connectivity index (χ0n) is 12.1. The predicted molar refractivity (Wildman–Crippen MR) is 79.8 cm³/mol. The molecule has 1 aromatic carbocycles. The van der Waals surface area contributed by atoms with Gasteiger partial charge in [-0.2, -0.15) is 5.26 Å². The monoisotopic (exact) mass is 335 g/mol. The van der Waals surface area contributed by atoms with E-state index in [1.807, 2.05) is 6.07 Å². The van der Waals surface area contributed by atoms with Gasteiger partial charge in [-0.15, -0.1) is 0 Å². The quantitative estimate of drug-likeness (QED) is 0.843. The highest BCUT2D eigenvalue weighted by molar-refractivity contribution is 6.32. The Morgan fingerprint density at radius 2 is 2.13 bits per heavy atom. The molecule has 1 aromatic heterocycles. The normalized spacial score (nSPS) is 13.6. The minimum absolute atomic E-state index is 0.0251. The summed E-state index contributed by atoms with van der Waals surface area (Å²) in [7, 11) is 1.35. The number of carbonyl (C=O) groups is 1. The lowest BCUT2D eigenvalue weighted by Crippen LogP contribution is -2.28. The first-order valence-corrected chi connectivity index (χ1v) is 7.19. The van der Waals surface area contributed by atoms with E-state index in [-0.39, 0.29) is 40.1 Å². The number of ether oxygens (including phenoxy) is 1. The molecule has 0 bridgehead atoms. The molecule has 0 atom stereocenters. The number of Topliss-reactive ketones (excluding diaryl/α,β-unsaturated/α-hetero) is 1. The van der Waals surface area contributed by atoms with Crippen molar-refractivity contribution in [3.63, 3.8) is 0 Å². The van der Waals surface area contributed by atoms with Crippen molar-refractivity contribution in [3.05, 3.63) is 44.8 Å². The highest BCUT2D eigenvalue weighted by atomic mass is 35.5. The van der Waals surface area contributed by atoms with E-state index >= 15 is 0 Å². The molecule has 6 nitrogen and oxygen atoms in total. The maximum atomic E-state index is 14.3. The number of benzene rings is 1. The molecule has 23 heavy (non-hydrogen) atoms. The number of nitrogens with zero attached hydrogens (tertiary/aromatic N) is 3. The van der Waals surface area contributed by atoms with Crippen LogP contribution >= 0.6 is 11.6 Å². The Balaban J connectivity index is 2.37. The summed E-state index contributed by atoms with van der Waals surface area (Å²) < 4.78 is 21.4. The maximum absolute atomic E-state index is 14.3. The molecule has 8 heteroatoms. The Bertz CT molecular complexity index is 924. The van der Waals surface area contributed by atoms with Gasteiger partial charge < -0.3 is 4.74 Å². The second-order valence-corrected chi connectivity index (χ2v) is 5.45. The number of methoxy groups -OCH3 is 1. The van der Waals surface area contributed by atoms with E-state index in [9.17, 15) is 19.2 Å². The Labute approximate surface area is 135 Å². The van der Waals surface area contributed by atoms with Crippen molar-refractivity contribution in [1.82, 2.24) is 9.13 Å². The summed E-state index contributed by atoms with van der Waals surface area (Å²) in [5, 5.41) is 9.43. The molecule has 0 N–H and O–H groups in total. The number of ketones is 1. The number of imidazole rings is 1. The lowest BCUT2D eigenvalue weighted by atomic mass is 10.1. The maximum Gasteiger partial charge on any atom is 0.334 e. The minimum atomic E-state index is -0.787. The summed E-state index contributed by atoms with van der Waals surface area (Å²) in [6, 6.07) is 4.07. The summed E-state index contributed by atoms with van der Waals surface area (Å²) in [6.07, 6.45) is 0.762. The third-order valence-corrected chi connectivity index (χ3v) is 4.05. The van der Waals surface area contributed by atoms with Gasteiger partial charge >= 0.3 is 5.69 Å². The molecule has 0 saturated heterocycles. The smallest absolute Gasteiger partial charge is 0.334 e. The van der Waals surface area contributed by atoms with Gasteiger partial charge in [-0.1, -0.05) is 11.6 Å². The number of carbonyl (C=O) groups excluding carboxylic acids is 1. The molecule has 2 heterocycles. The number of halogens is 2. The molecular weight excluding hydrogens is 325 g/mol. The molecule has 0 aliphatic carbocycles. The minimum Gasteiger partial charge on any atom is -0.495 e. The fraction of sp³-hybridized carbons (Fsp3) is 0.267.